The molecule has 0 atom stereocenters. The molecule has 0 aromatic heterocycles. The molecule has 19 heavy (non-hydrogen) atoms. The van der Waals surface area contributed by atoms with Crippen LogP contribution in [-0.4, -0.2) is 0 Å². The monoisotopic (exact) mass is 250 g/mol. The number of benzene rings is 2. The molecule has 0 heteroatoms. The molecule has 0 aliphatic carbocycles. The zero-order valence-corrected chi connectivity index (χ0v) is 12.5. The normalized spacial score (nSPS) is 11.2. The lowest BCUT2D eigenvalue weighted by atomic mass is 9.99. The van der Waals surface area contributed by atoms with Crippen molar-refractivity contribution in [3.05, 3.63) is 69.3 Å². The van der Waals surface area contributed by atoms with Crippen LogP contribution < -0.4 is 0 Å². The predicted octanol–water partition coefficient (Wildman–Crippen LogP) is 5.40. The molecule has 0 heterocycles. The Kier molecular flexibility index (Phi) is 3.90. The Bertz CT molecular complexity index is 631. The van der Waals surface area contributed by atoms with E-state index in [1.54, 1.807) is 0 Å². The maximum absolute atomic E-state index is 2.27. The summed E-state index contributed by atoms with van der Waals surface area (Å²) in [6.45, 7) is 10.8. The summed E-state index contributed by atoms with van der Waals surface area (Å²) >= 11 is 0. The fourth-order valence-electron chi connectivity index (χ4n) is 2.22. The maximum Gasteiger partial charge on any atom is -0.0224 e. The Morgan fingerprint density at radius 2 is 1.21 bits per heavy atom. The summed E-state index contributed by atoms with van der Waals surface area (Å²) in [4.78, 5) is 0. The van der Waals surface area contributed by atoms with Crippen LogP contribution in [0.15, 0.2) is 30.3 Å². The quantitative estimate of drug-likeness (QED) is 0.626. The molecule has 0 nitrogen and oxygen atoms in total. The van der Waals surface area contributed by atoms with Gasteiger partial charge in [-0.15, -0.1) is 0 Å². The molecular formula is C19H22. The van der Waals surface area contributed by atoms with Crippen molar-refractivity contribution in [1.29, 1.82) is 0 Å². The van der Waals surface area contributed by atoms with Crippen LogP contribution in [0.4, 0.5) is 0 Å². The summed E-state index contributed by atoms with van der Waals surface area (Å²) in [7, 11) is 0. The van der Waals surface area contributed by atoms with Crippen LogP contribution in [0.25, 0.3) is 12.2 Å². The van der Waals surface area contributed by atoms with Crippen LogP contribution in [0.5, 0.6) is 0 Å². The molecule has 0 bridgehead atoms. The van der Waals surface area contributed by atoms with Gasteiger partial charge in [-0.1, -0.05) is 42.5 Å². The van der Waals surface area contributed by atoms with Gasteiger partial charge in [0.15, 0.2) is 0 Å². The number of hydrogen-bond donors (Lipinski definition) is 0. The van der Waals surface area contributed by atoms with Crippen molar-refractivity contribution in [2.75, 3.05) is 0 Å². The largest absolute Gasteiger partial charge is 0.0585 e. The first-order valence-electron chi connectivity index (χ1n) is 6.80. The summed E-state index contributed by atoms with van der Waals surface area (Å²) < 4.78 is 0. The Hall–Kier alpha value is -1.82. The third-order valence-electron chi connectivity index (χ3n) is 3.87. The second kappa shape index (κ2) is 5.44. The summed E-state index contributed by atoms with van der Waals surface area (Å²) in [6.07, 6.45) is 4.41. The molecular weight excluding hydrogens is 228 g/mol. The molecule has 0 spiro atoms. The van der Waals surface area contributed by atoms with E-state index in [1.165, 1.54) is 38.9 Å². The minimum Gasteiger partial charge on any atom is -0.0585 e. The molecule has 2 rings (SSSR count). The van der Waals surface area contributed by atoms with Gasteiger partial charge in [-0.05, 0) is 73.6 Å². The highest BCUT2D eigenvalue weighted by atomic mass is 14.0. The lowest BCUT2D eigenvalue weighted by Gasteiger charge is -2.06. The van der Waals surface area contributed by atoms with Gasteiger partial charge in [0, 0.05) is 0 Å². The van der Waals surface area contributed by atoms with E-state index in [0.29, 0.717) is 0 Å². The highest BCUT2D eigenvalue weighted by Crippen LogP contribution is 2.18. The molecule has 0 aliphatic heterocycles. The van der Waals surface area contributed by atoms with Crippen molar-refractivity contribution in [1.82, 2.24) is 0 Å². The molecule has 0 saturated heterocycles. The van der Waals surface area contributed by atoms with Gasteiger partial charge in [-0.2, -0.15) is 0 Å². The van der Waals surface area contributed by atoms with E-state index < -0.39 is 0 Å². The summed E-state index contributed by atoms with van der Waals surface area (Å²) in [6, 6.07) is 11.1. The van der Waals surface area contributed by atoms with Crippen molar-refractivity contribution in [3.63, 3.8) is 0 Å². The first-order chi connectivity index (χ1) is 8.97. The van der Waals surface area contributed by atoms with E-state index in [-0.39, 0.29) is 0 Å². The van der Waals surface area contributed by atoms with Crippen LogP contribution in [-0.2, 0) is 0 Å². The van der Waals surface area contributed by atoms with Crippen molar-refractivity contribution < 1.29 is 0 Å². The second-order valence-corrected chi connectivity index (χ2v) is 5.47. The van der Waals surface area contributed by atoms with Gasteiger partial charge in [-0.25, -0.2) is 0 Å². The lowest BCUT2D eigenvalue weighted by Crippen LogP contribution is -1.87. The SMILES string of the molecule is Cc1ccc(/C=C/c2cc(C)c(C)cc2C)cc1C. The van der Waals surface area contributed by atoms with E-state index in [2.05, 4.69) is 77.1 Å². The zero-order valence-electron chi connectivity index (χ0n) is 12.5. The van der Waals surface area contributed by atoms with Gasteiger partial charge < -0.3 is 0 Å². The molecule has 0 saturated carbocycles. The minimum atomic E-state index is 1.26. The molecule has 0 radical (unpaired) electrons. The fourth-order valence-corrected chi connectivity index (χ4v) is 2.22. The number of aryl methyl sites for hydroxylation is 5. The van der Waals surface area contributed by atoms with E-state index in [1.807, 2.05) is 0 Å². The maximum atomic E-state index is 2.27. The zero-order chi connectivity index (χ0) is 14.0. The van der Waals surface area contributed by atoms with E-state index in [9.17, 15) is 0 Å². The van der Waals surface area contributed by atoms with E-state index >= 15 is 0 Å². The molecule has 0 amide bonds. The van der Waals surface area contributed by atoms with Gasteiger partial charge >= 0.3 is 0 Å². The van der Waals surface area contributed by atoms with Crippen LogP contribution in [0.2, 0.25) is 0 Å². The molecule has 0 fully saturated rings. The van der Waals surface area contributed by atoms with Crippen LogP contribution >= 0.6 is 0 Å². The van der Waals surface area contributed by atoms with Gasteiger partial charge in [0.05, 0.1) is 0 Å². The third kappa shape index (κ3) is 3.14. The van der Waals surface area contributed by atoms with Crippen molar-refractivity contribution in [2.24, 2.45) is 0 Å². The highest BCUT2D eigenvalue weighted by Gasteiger charge is 1.99. The van der Waals surface area contributed by atoms with Crippen LogP contribution in [0, 0.1) is 34.6 Å². The molecule has 0 aliphatic rings. The Labute approximate surface area is 116 Å². The Balaban J connectivity index is 2.32. The van der Waals surface area contributed by atoms with Crippen LogP contribution in [0.1, 0.15) is 38.9 Å². The Morgan fingerprint density at radius 3 is 1.89 bits per heavy atom. The standard InChI is InChI=1S/C19H22/c1-13-6-7-18(11-15(13)3)8-9-19-12-16(4)14(2)10-17(19)5/h6-12H,1-5H3/b9-8+. The lowest BCUT2D eigenvalue weighted by molar-refractivity contribution is 1.29. The van der Waals surface area contributed by atoms with E-state index in [0.717, 1.165) is 0 Å². The first kappa shape index (κ1) is 13.6. The summed E-state index contributed by atoms with van der Waals surface area (Å²) in [5, 5.41) is 0. The summed E-state index contributed by atoms with van der Waals surface area (Å²) in [5.74, 6) is 0. The molecule has 0 unspecified atom stereocenters. The van der Waals surface area contributed by atoms with Gasteiger partial charge in [0.1, 0.15) is 0 Å². The predicted molar refractivity (Wildman–Crippen MR) is 85.5 cm³/mol. The Morgan fingerprint density at radius 1 is 0.579 bits per heavy atom. The smallest absolute Gasteiger partial charge is 0.0224 e. The molecule has 0 N–H and O–H groups in total. The molecule has 2 aromatic carbocycles. The average Bonchev–Trinajstić information content (AvgIpc) is 2.36. The number of rotatable bonds is 2. The van der Waals surface area contributed by atoms with Gasteiger partial charge in [0.2, 0.25) is 0 Å². The van der Waals surface area contributed by atoms with Crippen molar-refractivity contribution >= 4 is 12.2 Å². The first-order valence-corrected chi connectivity index (χ1v) is 6.80. The van der Waals surface area contributed by atoms with E-state index in [4.69, 9.17) is 0 Å². The second-order valence-electron chi connectivity index (χ2n) is 5.47. The minimum absolute atomic E-state index is 1.26. The average molecular weight is 250 g/mol. The van der Waals surface area contributed by atoms with Crippen LogP contribution in [0.3, 0.4) is 0 Å². The fraction of sp³-hybridized carbons (Fsp3) is 0.263. The number of hydrogen-bond acceptors (Lipinski definition) is 0. The topological polar surface area (TPSA) is 0 Å². The van der Waals surface area contributed by atoms with Crippen molar-refractivity contribution in [3.8, 4) is 0 Å². The van der Waals surface area contributed by atoms with Gasteiger partial charge in [0.25, 0.3) is 0 Å². The van der Waals surface area contributed by atoms with Gasteiger partial charge in [-0.3, -0.25) is 0 Å². The highest BCUT2D eigenvalue weighted by molar-refractivity contribution is 5.72. The molecule has 2 aromatic rings. The molecule has 98 valence electrons. The summed E-state index contributed by atoms with van der Waals surface area (Å²) in [5.41, 5.74) is 9.31. The van der Waals surface area contributed by atoms with Crippen molar-refractivity contribution in [2.45, 2.75) is 34.6 Å². The third-order valence-corrected chi connectivity index (χ3v) is 3.87.